The van der Waals surface area contributed by atoms with Crippen molar-refractivity contribution in [1.82, 2.24) is 39.9 Å². The standard InChI is InChI=1S/C52H58N8O4/c1-49(2,3)61-25-29-17-13-21-33-37(29)45-53-41(33)58-46-39-31(27-63-51(7,8)9)19-15-23-35(39)43(55-46)60-48-40-32(28-64-52(10,11)12)20-16-24-36(40)44(56-48)59-47-38-30(26-62-50(4,5)6)18-14-22-34(38)42(54-47)57-45/h13-24H,25-28H2,1-12H3,(H2,53,54,55,56,57,58,59,60). The topological polar surface area (TPSA) is 146 Å². The van der Waals surface area contributed by atoms with Crippen LogP contribution >= 0.6 is 0 Å². The Labute approximate surface area is 374 Å². The molecule has 12 heteroatoms. The predicted molar refractivity (Wildman–Crippen MR) is 254 cm³/mol. The van der Waals surface area contributed by atoms with Crippen LogP contribution in [-0.2, 0) is 45.4 Å². The maximum Gasteiger partial charge on any atom is 0.165 e. The Balaban J connectivity index is 1.42. The number of ether oxygens (including phenoxy) is 4. The Hall–Kier alpha value is -5.92. The average molecular weight is 859 g/mol. The molecule has 0 aliphatic carbocycles. The van der Waals surface area contributed by atoms with E-state index in [0.717, 1.165) is 66.1 Å². The molecular weight excluding hydrogens is 801 g/mol. The largest absolute Gasteiger partial charge is 0.371 e. The number of nitrogens with one attached hydrogen (secondary N) is 2. The number of hydrogen-bond donors (Lipinski definition) is 2. The summed E-state index contributed by atoms with van der Waals surface area (Å²) in [4.78, 5) is 39.2. The third kappa shape index (κ3) is 8.92. The van der Waals surface area contributed by atoms with E-state index in [-0.39, 0.29) is 22.4 Å². The summed E-state index contributed by atoms with van der Waals surface area (Å²) in [5.74, 6) is 2.06. The molecule has 8 bridgehead atoms. The molecule has 0 atom stereocenters. The van der Waals surface area contributed by atoms with Crippen molar-refractivity contribution in [3.05, 3.63) is 95.1 Å². The van der Waals surface area contributed by atoms with Gasteiger partial charge in [-0.1, -0.05) is 72.8 Å². The van der Waals surface area contributed by atoms with E-state index in [9.17, 15) is 0 Å². The summed E-state index contributed by atoms with van der Waals surface area (Å²) >= 11 is 0. The van der Waals surface area contributed by atoms with Crippen molar-refractivity contribution >= 4 is 44.1 Å². The Morgan fingerprint density at radius 1 is 0.359 bits per heavy atom. The van der Waals surface area contributed by atoms with Gasteiger partial charge in [0.15, 0.2) is 23.3 Å². The first-order valence-corrected chi connectivity index (χ1v) is 22.0. The van der Waals surface area contributed by atoms with Gasteiger partial charge in [0, 0.05) is 43.8 Å². The molecule has 12 nitrogen and oxygen atoms in total. The highest BCUT2D eigenvalue weighted by Crippen LogP contribution is 2.41. The van der Waals surface area contributed by atoms with E-state index in [0.29, 0.717) is 72.3 Å². The van der Waals surface area contributed by atoms with Crippen molar-refractivity contribution in [2.45, 2.75) is 132 Å². The van der Waals surface area contributed by atoms with Crippen molar-refractivity contribution < 1.29 is 18.9 Å². The summed E-state index contributed by atoms with van der Waals surface area (Å²) in [5, 5.41) is 3.52. The zero-order chi connectivity index (χ0) is 45.3. The molecule has 0 saturated carbocycles. The van der Waals surface area contributed by atoms with Crippen LogP contribution in [-0.4, -0.2) is 62.3 Å². The van der Waals surface area contributed by atoms with Crippen LogP contribution in [0.15, 0.2) is 72.8 Å². The van der Waals surface area contributed by atoms with Gasteiger partial charge in [-0.05, 0) is 105 Å². The fourth-order valence-corrected chi connectivity index (χ4v) is 7.93. The SMILES string of the molecule is CC(C)(C)OCc1cccc2c1-c1nc-2nc2[nH]c(nc3nc(nc4[nH]c(n1)c1cccc(COC(C)(C)C)c41)-c1cccc(COC(C)(C)C)c1-3)c1cccc(COC(C)(C)C)c21. The van der Waals surface area contributed by atoms with Gasteiger partial charge in [-0.15, -0.1) is 0 Å². The second-order valence-electron chi connectivity index (χ2n) is 20.6. The van der Waals surface area contributed by atoms with E-state index in [4.69, 9.17) is 48.9 Å². The van der Waals surface area contributed by atoms with Crippen molar-refractivity contribution in [1.29, 1.82) is 0 Å². The van der Waals surface area contributed by atoms with E-state index < -0.39 is 0 Å². The molecule has 0 spiro atoms. The van der Waals surface area contributed by atoms with Crippen LogP contribution in [0.4, 0.5) is 0 Å². The van der Waals surface area contributed by atoms with Crippen LogP contribution in [0.25, 0.3) is 89.7 Å². The van der Waals surface area contributed by atoms with E-state index in [1.807, 2.05) is 36.4 Å². The van der Waals surface area contributed by atoms with Crippen LogP contribution in [0.3, 0.4) is 0 Å². The Morgan fingerprint density at radius 3 is 1.03 bits per heavy atom. The second-order valence-corrected chi connectivity index (χ2v) is 20.6. The maximum atomic E-state index is 6.39. The highest BCUT2D eigenvalue weighted by atomic mass is 16.5. The molecular formula is C52H58N8O4. The summed E-state index contributed by atoms with van der Waals surface area (Å²) in [6.45, 7) is 26.1. The summed E-state index contributed by atoms with van der Waals surface area (Å²) in [6, 6.07) is 24.6. The molecule has 0 unspecified atom stereocenters. The van der Waals surface area contributed by atoms with Crippen LogP contribution in [0.1, 0.15) is 105 Å². The number of nitrogens with zero attached hydrogens (tertiary/aromatic N) is 6. The van der Waals surface area contributed by atoms with Crippen LogP contribution in [0.2, 0.25) is 0 Å². The van der Waals surface area contributed by atoms with Crippen LogP contribution in [0.5, 0.6) is 0 Å². The summed E-state index contributed by atoms with van der Waals surface area (Å²) in [6.07, 6.45) is 0. The number of benzene rings is 4. The number of aromatic nitrogens is 8. The summed E-state index contributed by atoms with van der Waals surface area (Å²) < 4.78 is 25.6. The van der Waals surface area contributed by atoms with Crippen molar-refractivity contribution in [3.63, 3.8) is 0 Å². The van der Waals surface area contributed by atoms with Crippen LogP contribution < -0.4 is 0 Å². The molecule has 7 aromatic rings. The number of aromatic amines is 2. The maximum absolute atomic E-state index is 6.39. The van der Waals surface area contributed by atoms with E-state index >= 15 is 0 Å². The third-order valence-electron chi connectivity index (χ3n) is 10.9. The number of hydrogen-bond acceptors (Lipinski definition) is 10. The molecule has 9 rings (SSSR count). The minimum absolute atomic E-state index is 0.359. The first-order valence-electron chi connectivity index (χ1n) is 22.0. The van der Waals surface area contributed by atoms with Gasteiger partial charge in [0.25, 0.3) is 0 Å². The summed E-state index contributed by atoms with van der Waals surface area (Å²) in [7, 11) is 0. The zero-order valence-electron chi connectivity index (χ0n) is 39.1. The van der Waals surface area contributed by atoms with Gasteiger partial charge in [0.1, 0.15) is 22.6 Å². The predicted octanol–water partition coefficient (Wildman–Crippen LogP) is 12.1. The quantitative estimate of drug-likeness (QED) is 0.151. The number of H-pyrrole nitrogens is 2. The molecule has 3 aromatic heterocycles. The lowest BCUT2D eigenvalue weighted by molar-refractivity contribution is -0.0150. The molecule has 5 heterocycles. The van der Waals surface area contributed by atoms with Gasteiger partial charge in [-0.3, -0.25) is 0 Å². The summed E-state index contributed by atoms with van der Waals surface area (Å²) in [5.41, 5.74) is 8.18. The number of rotatable bonds is 8. The van der Waals surface area contributed by atoms with E-state index in [2.05, 4.69) is 129 Å². The first kappa shape index (κ1) is 43.3. The minimum atomic E-state index is -0.371. The number of fused-ring (bicyclic) bond motifs is 20. The zero-order valence-corrected chi connectivity index (χ0v) is 39.1. The van der Waals surface area contributed by atoms with E-state index in [1.165, 1.54) is 0 Å². The monoisotopic (exact) mass is 858 g/mol. The molecule has 2 aliphatic heterocycles. The molecule has 0 amide bonds. The van der Waals surface area contributed by atoms with Gasteiger partial charge >= 0.3 is 0 Å². The fourth-order valence-electron chi connectivity index (χ4n) is 7.93. The Bertz CT molecular complexity index is 2910. The molecule has 64 heavy (non-hydrogen) atoms. The lowest BCUT2D eigenvalue weighted by Crippen LogP contribution is -2.18. The van der Waals surface area contributed by atoms with Gasteiger partial charge in [-0.25, -0.2) is 29.9 Å². The lowest BCUT2D eigenvalue weighted by Gasteiger charge is -2.20. The highest BCUT2D eigenvalue weighted by molar-refractivity contribution is 6.08. The average Bonchev–Trinajstić information content (AvgIpc) is 3.95. The molecule has 0 radical (unpaired) electrons. The molecule has 0 saturated heterocycles. The Morgan fingerprint density at radius 2 is 0.672 bits per heavy atom. The van der Waals surface area contributed by atoms with Gasteiger partial charge < -0.3 is 28.9 Å². The normalized spacial score (nSPS) is 13.2. The third-order valence-corrected chi connectivity index (χ3v) is 10.9. The molecule has 2 aliphatic rings. The van der Waals surface area contributed by atoms with Crippen molar-refractivity contribution in [3.8, 4) is 45.6 Å². The van der Waals surface area contributed by atoms with Gasteiger partial charge in [0.05, 0.1) is 48.8 Å². The minimum Gasteiger partial charge on any atom is -0.371 e. The fraction of sp³-hybridized carbons (Fsp3) is 0.385. The van der Waals surface area contributed by atoms with E-state index in [1.54, 1.807) is 0 Å². The molecule has 330 valence electrons. The Kier molecular flexibility index (Phi) is 10.8. The molecule has 2 N–H and O–H groups in total. The molecule has 4 aromatic carbocycles. The molecule has 0 fully saturated rings. The highest BCUT2D eigenvalue weighted by Gasteiger charge is 2.28. The van der Waals surface area contributed by atoms with Crippen LogP contribution in [0, 0.1) is 0 Å². The first-order chi connectivity index (χ1) is 30.2. The van der Waals surface area contributed by atoms with Crippen molar-refractivity contribution in [2.24, 2.45) is 0 Å². The smallest absolute Gasteiger partial charge is 0.165 e. The van der Waals surface area contributed by atoms with Gasteiger partial charge in [0.2, 0.25) is 0 Å². The van der Waals surface area contributed by atoms with Crippen molar-refractivity contribution in [2.75, 3.05) is 0 Å². The second kappa shape index (κ2) is 16.0. The lowest BCUT2D eigenvalue weighted by atomic mass is 10.0. The van der Waals surface area contributed by atoms with Gasteiger partial charge in [-0.2, -0.15) is 0 Å².